The highest BCUT2D eigenvalue weighted by atomic mass is 16.4. The molecule has 0 spiro atoms. The highest BCUT2D eigenvalue weighted by Crippen LogP contribution is 2.11. The van der Waals surface area contributed by atoms with Crippen LogP contribution >= 0.6 is 0 Å². The molecule has 0 heterocycles. The van der Waals surface area contributed by atoms with Gasteiger partial charge >= 0.3 is 5.97 Å². The Labute approximate surface area is 294 Å². The molecule has 280 valence electrons. The Kier molecular flexibility index (Phi) is 19.8. The van der Waals surface area contributed by atoms with Crippen molar-refractivity contribution in [1.29, 1.82) is 0 Å². The molecule has 16 nitrogen and oxygen atoms in total. The zero-order valence-electron chi connectivity index (χ0n) is 29.9. The first-order valence-electron chi connectivity index (χ1n) is 17.1. The van der Waals surface area contributed by atoms with Crippen LogP contribution in [0.4, 0.5) is 0 Å². The van der Waals surface area contributed by atoms with Gasteiger partial charge in [0.2, 0.25) is 29.5 Å². The summed E-state index contributed by atoms with van der Waals surface area (Å²) < 4.78 is 0. The van der Waals surface area contributed by atoms with Crippen LogP contribution < -0.4 is 43.8 Å². The molecule has 0 unspecified atom stereocenters. The fourth-order valence-electron chi connectivity index (χ4n) is 5.01. The molecule has 0 radical (unpaired) electrons. The number of hydrogen-bond donors (Lipinski definition) is 9. The number of hydrogen-bond acceptors (Lipinski definition) is 8. The van der Waals surface area contributed by atoms with Gasteiger partial charge in [0.25, 0.3) is 0 Å². The number of rotatable bonds is 23. The maximum Gasteiger partial charge on any atom is 0.326 e. The smallest absolute Gasteiger partial charge is 0.326 e. The van der Waals surface area contributed by atoms with Gasteiger partial charge in [-0.2, -0.15) is 0 Å². The van der Waals surface area contributed by atoms with Gasteiger partial charge in [-0.25, -0.2) is 4.79 Å². The van der Waals surface area contributed by atoms with Gasteiger partial charge in [0, 0.05) is 6.54 Å². The monoisotopic (exact) mass is 703 g/mol. The van der Waals surface area contributed by atoms with E-state index in [2.05, 4.69) is 31.6 Å². The summed E-state index contributed by atoms with van der Waals surface area (Å²) in [4.78, 5) is 81.2. The largest absolute Gasteiger partial charge is 0.480 e. The summed E-state index contributed by atoms with van der Waals surface area (Å²) >= 11 is 0. The average molecular weight is 704 g/mol. The molecule has 0 aromatic heterocycles. The maximum atomic E-state index is 13.4. The standard InChI is InChI=1S/C34H57N9O7/c1-6-12-24(41-29(45)23(35)18-22-13-9-8-10-14-22)31(47)43-28(21(5)7-2)32(48)39-19-27(44)40-25(15-11-16-38-34(36)37)30(46)42-26(33(49)50)17-20(3)4/h8-10,13-14,20-21,23-26,28H,6-7,11-12,15-19,35H2,1-5H3,(H,39,48)(H,40,44)(H,41,45)(H,42,46)(H,43,47)(H,49,50)(H4,36,37,38)/t21-,23-,24-,25-,26-,28-/m0/s1. The van der Waals surface area contributed by atoms with Crippen LogP contribution in [0.5, 0.6) is 0 Å². The Morgan fingerprint density at radius 3 is 1.96 bits per heavy atom. The zero-order chi connectivity index (χ0) is 37.8. The van der Waals surface area contributed by atoms with E-state index in [-0.39, 0.29) is 43.6 Å². The number of nitrogens with one attached hydrogen (secondary N) is 5. The van der Waals surface area contributed by atoms with Crippen LogP contribution in [0.3, 0.4) is 0 Å². The van der Waals surface area contributed by atoms with Crippen molar-refractivity contribution in [2.45, 2.75) is 110 Å². The number of carboxylic acids is 1. The minimum Gasteiger partial charge on any atom is -0.480 e. The van der Waals surface area contributed by atoms with E-state index in [0.29, 0.717) is 25.7 Å². The average Bonchev–Trinajstić information content (AvgIpc) is 3.06. The van der Waals surface area contributed by atoms with Gasteiger partial charge in [-0.3, -0.25) is 29.0 Å². The second-order valence-electron chi connectivity index (χ2n) is 12.8. The first-order chi connectivity index (χ1) is 23.6. The first-order valence-corrected chi connectivity index (χ1v) is 17.1. The van der Waals surface area contributed by atoms with Gasteiger partial charge in [0.15, 0.2) is 5.96 Å². The molecule has 50 heavy (non-hydrogen) atoms. The second-order valence-corrected chi connectivity index (χ2v) is 12.8. The van der Waals surface area contributed by atoms with Gasteiger partial charge in [0.05, 0.1) is 12.6 Å². The molecule has 0 fully saturated rings. The summed E-state index contributed by atoms with van der Waals surface area (Å²) in [5.41, 5.74) is 17.7. The summed E-state index contributed by atoms with van der Waals surface area (Å²) in [6.07, 6.45) is 2.22. The second kappa shape index (κ2) is 22.8. The summed E-state index contributed by atoms with van der Waals surface area (Å²) in [6, 6.07) is 4.07. The van der Waals surface area contributed by atoms with Crippen LogP contribution in [-0.4, -0.2) is 89.9 Å². The summed E-state index contributed by atoms with van der Waals surface area (Å²) in [5, 5.41) is 22.5. The lowest BCUT2D eigenvalue weighted by Gasteiger charge is -2.27. The van der Waals surface area contributed by atoms with E-state index in [0.717, 1.165) is 5.56 Å². The molecule has 1 rings (SSSR count). The maximum absolute atomic E-state index is 13.4. The Bertz CT molecular complexity index is 1290. The molecule has 0 aliphatic rings. The number of nitrogens with zero attached hydrogens (tertiary/aromatic N) is 1. The quantitative estimate of drug-likeness (QED) is 0.0406. The fourth-order valence-corrected chi connectivity index (χ4v) is 5.01. The van der Waals surface area contributed by atoms with Crippen molar-refractivity contribution >= 4 is 41.5 Å². The Morgan fingerprint density at radius 1 is 0.800 bits per heavy atom. The lowest BCUT2D eigenvalue weighted by molar-refractivity contribution is -0.142. The van der Waals surface area contributed by atoms with Crippen molar-refractivity contribution < 1.29 is 33.9 Å². The van der Waals surface area contributed by atoms with Crippen LogP contribution in [0.2, 0.25) is 0 Å². The van der Waals surface area contributed by atoms with Crippen molar-refractivity contribution in [3.63, 3.8) is 0 Å². The van der Waals surface area contributed by atoms with Crippen molar-refractivity contribution in [3.05, 3.63) is 35.9 Å². The molecule has 16 heteroatoms. The predicted octanol–water partition coefficient (Wildman–Crippen LogP) is -0.358. The number of carboxylic acid groups (broad SMARTS) is 1. The van der Waals surface area contributed by atoms with E-state index < -0.39 is 72.3 Å². The van der Waals surface area contributed by atoms with Crippen molar-refractivity contribution in [3.8, 4) is 0 Å². The molecule has 0 bridgehead atoms. The van der Waals surface area contributed by atoms with Gasteiger partial charge in [-0.05, 0) is 49.5 Å². The van der Waals surface area contributed by atoms with E-state index in [4.69, 9.17) is 17.2 Å². The lowest BCUT2D eigenvalue weighted by atomic mass is 9.97. The molecular weight excluding hydrogens is 646 g/mol. The van der Waals surface area contributed by atoms with Crippen molar-refractivity contribution in [1.82, 2.24) is 26.6 Å². The van der Waals surface area contributed by atoms with Crippen LogP contribution in [0.25, 0.3) is 0 Å². The van der Waals surface area contributed by atoms with Crippen molar-refractivity contribution in [2.75, 3.05) is 13.1 Å². The van der Waals surface area contributed by atoms with Gasteiger partial charge < -0.3 is 48.9 Å². The van der Waals surface area contributed by atoms with Crippen LogP contribution in [0, 0.1) is 11.8 Å². The van der Waals surface area contributed by atoms with Gasteiger partial charge in [0.1, 0.15) is 24.2 Å². The third-order valence-corrected chi connectivity index (χ3v) is 7.98. The summed E-state index contributed by atoms with van der Waals surface area (Å²) in [6.45, 7) is 8.73. The molecule has 0 aliphatic carbocycles. The number of nitrogens with two attached hydrogens (primary N) is 3. The zero-order valence-corrected chi connectivity index (χ0v) is 29.9. The Morgan fingerprint density at radius 2 is 1.40 bits per heavy atom. The highest BCUT2D eigenvalue weighted by molar-refractivity contribution is 5.95. The minimum atomic E-state index is -1.21. The molecular formula is C34H57N9O7. The molecule has 0 saturated carbocycles. The van der Waals surface area contributed by atoms with Crippen LogP contribution in [0.1, 0.15) is 78.7 Å². The number of amides is 5. The Balaban J connectivity index is 2.95. The number of aliphatic carboxylic acids is 1. The summed E-state index contributed by atoms with van der Waals surface area (Å²) in [5.74, 6) is -4.84. The number of aliphatic imine (C=N–C) groups is 1. The normalized spacial score (nSPS) is 14.5. The lowest BCUT2D eigenvalue weighted by Crippen LogP contribution is -2.58. The van der Waals surface area contributed by atoms with Gasteiger partial charge in [-0.1, -0.05) is 77.8 Å². The molecule has 1 aromatic carbocycles. The van der Waals surface area contributed by atoms with E-state index in [1.54, 1.807) is 6.92 Å². The SMILES string of the molecule is CCC[C@H](NC(=O)[C@@H](N)Cc1ccccc1)C(=O)N[C@H](C(=O)NCC(=O)N[C@@H](CCCN=C(N)N)C(=O)N[C@@H](CC(C)C)C(=O)O)[C@@H](C)CC. The predicted molar refractivity (Wildman–Crippen MR) is 190 cm³/mol. The van der Waals surface area contributed by atoms with Crippen LogP contribution in [0.15, 0.2) is 35.3 Å². The number of carbonyl (C=O) groups excluding carboxylic acids is 5. The molecule has 1 aromatic rings. The van der Waals surface area contributed by atoms with E-state index in [9.17, 15) is 33.9 Å². The molecule has 6 atom stereocenters. The molecule has 12 N–H and O–H groups in total. The van der Waals surface area contributed by atoms with Crippen molar-refractivity contribution in [2.24, 2.45) is 34.0 Å². The number of guanidine groups is 1. The fraction of sp³-hybridized carbons (Fsp3) is 0.618. The third-order valence-electron chi connectivity index (χ3n) is 7.98. The van der Waals surface area contributed by atoms with E-state index in [1.807, 2.05) is 58.0 Å². The topological polar surface area (TPSA) is 273 Å². The molecule has 0 aliphatic heterocycles. The van der Waals surface area contributed by atoms with Crippen LogP contribution in [-0.2, 0) is 35.2 Å². The third kappa shape index (κ3) is 16.6. The summed E-state index contributed by atoms with van der Waals surface area (Å²) in [7, 11) is 0. The first kappa shape index (κ1) is 43.3. The van der Waals surface area contributed by atoms with E-state index >= 15 is 0 Å². The van der Waals surface area contributed by atoms with E-state index in [1.165, 1.54) is 0 Å². The number of carbonyl (C=O) groups is 6. The highest BCUT2D eigenvalue weighted by Gasteiger charge is 2.31. The molecule has 5 amide bonds. The molecule has 0 saturated heterocycles. The van der Waals surface area contributed by atoms with Gasteiger partial charge in [-0.15, -0.1) is 0 Å². The number of benzene rings is 1. The minimum absolute atomic E-state index is 0.0220. The Hall–Kier alpha value is -4.73.